The number of ketones is 1. The molecule has 0 N–H and O–H groups in total. The molecule has 0 radical (unpaired) electrons. The summed E-state index contributed by atoms with van der Waals surface area (Å²) in [6, 6.07) is 14.6. The highest BCUT2D eigenvalue weighted by Crippen LogP contribution is 2.21. The molecule has 2 rings (SSSR count). The fraction of sp³-hybridized carbons (Fsp3) is 0.133. The molecular formula is C15H12N2O. The molecule has 1 aromatic carbocycles. The Kier molecular flexibility index (Phi) is 3.49. The minimum absolute atomic E-state index is 0.200. The van der Waals surface area contributed by atoms with Gasteiger partial charge in [0, 0.05) is 17.5 Å². The zero-order chi connectivity index (χ0) is 13.0. The quantitative estimate of drug-likeness (QED) is 0.770. The van der Waals surface area contributed by atoms with Crippen molar-refractivity contribution in [1.82, 2.24) is 4.98 Å². The topological polar surface area (TPSA) is 53.8 Å². The van der Waals surface area contributed by atoms with Crippen molar-refractivity contribution in [2.75, 3.05) is 0 Å². The lowest BCUT2D eigenvalue weighted by Crippen LogP contribution is -2.13. The van der Waals surface area contributed by atoms with Crippen LogP contribution in [0.4, 0.5) is 0 Å². The summed E-state index contributed by atoms with van der Waals surface area (Å²) >= 11 is 0. The second-order valence-electron chi connectivity index (χ2n) is 3.97. The Bertz CT molecular complexity index is 599. The normalized spacial score (nSPS) is 11.6. The van der Waals surface area contributed by atoms with E-state index in [0.717, 1.165) is 0 Å². The molecule has 0 aliphatic carbocycles. The minimum Gasteiger partial charge on any atom is -0.292 e. The van der Waals surface area contributed by atoms with Crippen LogP contribution in [0.1, 0.15) is 27.5 Å². The van der Waals surface area contributed by atoms with Gasteiger partial charge in [-0.3, -0.25) is 9.78 Å². The van der Waals surface area contributed by atoms with Crippen LogP contribution in [-0.2, 0) is 0 Å². The lowest BCUT2D eigenvalue weighted by atomic mass is 9.91. The fourth-order valence-electron chi connectivity index (χ4n) is 1.83. The fourth-order valence-corrected chi connectivity index (χ4v) is 1.83. The monoisotopic (exact) mass is 236 g/mol. The van der Waals surface area contributed by atoms with E-state index in [1.165, 1.54) is 0 Å². The van der Waals surface area contributed by atoms with Crippen molar-refractivity contribution < 1.29 is 4.79 Å². The Balaban J connectivity index is 2.39. The molecular weight excluding hydrogens is 224 g/mol. The number of nitrogens with zero attached hydrogens (tertiary/aromatic N) is 2. The third-order valence-corrected chi connectivity index (χ3v) is 2.80. The molecule has 0 amide bonds. The van der Waals surface area contributed by atoms with E-state index >= 15 is 0 Å². The van der Waals surface area contributed by atoms with Gasteiger partial charge in [0.2, 0.25) is 0 Å². The van der Waals surface area contributed by atoms with Crippen LogP contribution in [0.25, 0.3) is 0 Å². The van der Waals surface area contributed by atoms with Crippen LogP contribution in [0.15, 0.2) is 48.7 Å². The molecule has 1 heterocycles. The van der Waals surface area contributed by atoms with E-state index in [1.54, 1.807) is 37.4 Å². The van der Waals surface area contributed by atoms with E-state index in [9.17, 15) is 10.1 Å². The number of hydrogen-bond acceptors (Lipinski definition) is 3. The van der Waals surface area contributed by atoms with Gasteiger partial charge in [0.1, 0.15) is 5.92 Å². The minimum atomic E-state index is -0.769. The molecule has 88 valence electrons. The van der Waals surface area contributed by atoms with Crippen molar-refractivity contribution >= 4 is 5.78 Å². The Morgan fingerprint density at radius 2 is 1.94 bits per heavy atom. The van der Waals surface area contributed by atoms with Gasteiger partial charge in [0.25, 0.3) is 0 Å². The number of benzene rings is 1. The van der Waals surface area contributed by atoms with E-state index in [2.05, 4.69) is 11.1 Å². The van der Waals surface area contributed by atoms with E-state index in [-0.39, 0.29) is 5.78 Å². The first kappa shape index (κ1) is 12.0. The van der Waals surface area contributed by atoms with Gasteiger partial charge >= 0.3 is 0 Å². The van der Waals surface area contributed by atoms with Gasteiger partial charge in [-0.15, -0.1) is 0 Å². The molecule has 18 heavy (non-hydrogen) atoms. The molecule has 1 aromatic heterocycles. The lowest BCUT2D eigenvalue weighted by molar-refractivity contribution is 0.0978. The largest absolute Gasteiger partial charge is 0.292 e. The molecule has 1 unspecified atom stereocenters. The number of carbonyl (C=O) groups is 1. The molecule has 3 heteroatoms. The molecule has 3 nitrogen and oxygen atoms in total. The van der Waals surface area contributed by atoms with Crippen LogP contribution in [0, 0.1) is 18.3 Å². The van der Waals surface area contributed by atoms with Crippen LogP contribution in [0.5, 0.6) is 0 Å². The number of rotatable bonds is 3. The highest BCUT2D eigenvalue weighted by Gasteiger charge is 2.22. The van der Waals surface area contributed by atoms with Crippen molar-refractivity contribution in [2.45, 2.75) is 12.8 Å². The molecule has 0 saturated heterocycles. The summed E-state index contributed by atoms with van der Waals surface area (Å²) in [5.74, 6) is -0.969. The third-order valence-electron chi connectivity index (χ3n) is 2.80. The van der Waals surface area contributed by atoms with Gasteiger partial charge in [-0.1, -0.05) is 30.3 Å². The first-order valence-electron chi connectivity index (χ1n) is 5.64. The van der Waals surface area contributed by atoms with Crippen LogP contribution in [0.2, 0.25) is 0 Å². The van der Waals surface area contributed by atoms with E-state index < -0.39 is 5.92 Å². The van der Waals surface area contributed by atoms with Crippen molar-refractivity contribution in [3.8, 4) is 6.07 Å². The van der Waals surface area contributed by atoms with Gasteiger partial charge in [0.15, 0.2) is 5.78 Å². The summed E-state index contributed by atoms with van der Waals surface area (Å²) in [4.78, 5) is 16.4. The highest BCUT2D eigenvalue weighted by molar-refractivity contribution is 6.03. The molecule has 0 fully saturated rings. The molecule has 1 atom stereocenters. The maximum absolute atomic E-state index is 12.3. The summed E-state index contributed by atoms with van der Waals surface area (Å²) in [5.41, 5.74) is 1.87. The number of nitriles is 1. The summed E-state index contributed by atoms with van der Waals surface area (Å²) in [7, 11) is 0. The number of carbonyl (C=O) groups excluding carboxylic acids is 1. The molecule has 0 bridgehead atoms. The number of Topliss-reactive ketones (excluding diaryl/α,β-unsaturated/α-hetero) is 1. The molecule has 0 aliphatic rings. The van der Waals surface area contributed by atoms with Gasteiger partial charge in [-0.05, 0) is 24.6 Å². The Labute approximate surface area is 106 Å². The second kappa shape index (κ2) is 5.24. The van der Waals surface area contributed by atoms with Gasteiger partial charge in [-0.25, -0.2) is 0 Å². The number of pyridine rings is 1. The van der Waals surface area contributed by atoms with Crippen LogP contribution in [0.3, 0.4) is 0 Å². The van der Waals surface area contributed by atoms with Crippen molar-refractivity contribution in [2.24, 2.45) is 0 Å². The van der Waals surface area contributed by atoms with Gasteiger partial charge in [-0.2, -0.15) is 5.26 Å². The van der Waals surface area contributed by atoms with Crippen molar-refractivity contribution in [3.63, 3.8) is 0 Å². The Hall–Kier alpha value is -2.47. The zero-order valence-electron chi connectivity index (χ0n) is 10.00. The Morgan fingerprint density at radius 3 is 2.56 bits per heavy atom. The maximum atomic E-state index is 12.3. The summed E-state index contributed by atoms with van der Waals surface area (Å²) in [6.45, 7) is 1.77. The van der Waals surface area contributed by atoms with E-state index in [1.807, 2.05) is 18.2 Å². The molecule has 0 saturated carbocycles. The average molecular weight is 236 g/mol. The first-order valence-corrected chi connectivity index (χ1v) is 5.64. The predicted molar refractivity (Wildman–Crippen MR) is 68.1 cm³/mol. The van der Waals surface area contributed by atoms with Crippen LogP contribution in [-0.4, -0.2) is 10.8 Å². The first-order chi connectivity index (χ1) is 8.74. The summed E-state index contributed by atoms with van der Waals surface area (Å²) in [5, 5.41) is 9.21. The van der Waals surface area contributed by atoms with E-state index in [4.69, 9.17) is 0 Å². The van der Waals surface area contributed by atoms with Crippen molar-refractivity contribution in [1.29, 1.82) is 5.26 Å². The smallest absolute Gasteiger partial charge is 0.186 e. The maximum Gasteiger partial charge on any atom is 0.186 e. The molecule has 2 aromatic rings. The van der Waals surface area contributed by atoms with Gasteiger partial charge in [0.05, 0.1) is 6.07 Å². The van der Waals surface area contributed by atoms with Crippen LogP contribution >= 0.6 is 0 Å². The van der Waals surface area contributed by atoms with Crippen molar-refractivity contribution in [3.05, 3.63) is 65.5 Å². The number of hydrogen-bond donors (Lipinski definition) is 0. The Morgan fingerprint density at radius 1 is 1.22 bits per heavy atom. The third kappa shape index (κ3) is 2.28. The number of aryl methyl sites for hydroxylation is 1. The summed E-state index contributed by atoms with van der Waals surface area (Å²) in [6.07, 6.45) is 1.63. The van der Waals surface area contributed by atoms with E-state index in [0.29, 0.717) is 16.8 Å². The molecule has 0 spiro atoms. The SMILES string of the molecule is Cc1ncccc1C(=O)C(C#N)c1ccccc1. The molecule has 0 aliphatic heterocycles. The second-order valence-corrected chi connectivity index (χ2v) is 3.97. The zero-order valence-corrected chi connectivity index (χ0v) is 10.00. The average Bonchev–Trinajstić information content (AvgIpc) is 2.41. The summed E-state index contributed by atoms with van der Waals surface area (Å²) < 4.78 is 0. The lowest BCUT2D eigenvalue weighted by Gasteiger charge is -2.09. The standard InChI is InChI=1S/C15H12N2O/c1-11-13(8-5-9-17-11)15(18)14(10-16)12-6-3-2-4-7-12/h2-9,14H,1H3. The highest BCUT2D eigenvalue weighted by atomic mass is 16.1. The predicted octanol–water partition coefficient (Wildman–Crippen LogP) is 2.88. The number of aromatic nitrogens is 1. The van der Waals surface area contributed by atoms with Gasteiger partial charge < -0.3 is 0 Å². The van der Waals surface area contributed by atoms with Crippen LogP contribution < -0.4 is 0 Å².